The smallest absolute Gasteiger partial charge is 0.159 e. The normalized spacial score (nSPS) is 15.1. The summed E-state index contributed by atoms with van der Waals surface area (Å²) in [7, 11) is -1.60. The number of nitrogens with zero attached hydrogens (tertiary/aromatic N) is 2. The molecule has 10 aromatic carbocycles. The molecule has 1 aliphatic heterocycles. The molecule has 1 spiro atoms. The van der Waals surface area contributed by atoms with Crippen LogP contribution in [0.5, 0.6) is 0 Å². The van der Waals surface area contributed by atoms with Crippen LogP contribution >= 0.6 is 0 Å². The maximum Gasteiger partial charge on any atom is 0.159 e. The van der Waals surface area contributed by atoms with Gasteiger partial charge in [0.2, 0.25) is 0 Å². The lowest BCUT2D eigenvalue weighted by atomic mass is 9.65. The summed E-state index contributed by atoms with van der Waals surface area (Å²) in [5.74, 6) is 0. The highest BCUT2D eigenvalue weighted by atomic mass is 28.3. The van der Waals surface area contributed by atoms with Gasteiger partial charge in [-0.15, -0.1) is 0 Å². The minimum absolute atomic E-state index is 0.649. The first-order valence-corrected chi connectivity index (χ1v) is 26.4. The van der Waals surface area contributed by atoms with E-state index < -0.39 is 13.5 Å². The molecule has 3 heterocycles. The van der Waals surface area contributed by atoms with Crippen LogP contribution in [0.15, 0.2) is 199 Å². The number of rotatable bonds is 4. The first-order valence-electron chi connectivity index (χ1n) is 22.9. The number of hydrogen-bond acceptors (Lipinski definition) is 2. The third-order valence-electron chi connectivity index (χ3n) is 14.8. The first kappa shape index (κ1) is 36.8. The van der Waals surface area contributed by atoms with E-state index in [0.29, 0.717) is 0 Å². The van der Waals surface area contributed by atoms with Crippen LogP contribution in [0, 0.1) is 6.92 Å². The van der Waals surface area contributed by atoms with Crippen LogP contribution in [0.3, 0.4) is 0 Å². The second kappa shape index (κ2) is 13.0. The molecule has 0 saturated carbocycles. The van der Waals surface area contributed by atoms with Crippen molar-refractivity contribution in [1.29, 1.82) is 0 Å². The minimum Gasteiger partial charge on any atom is -0.454 e. The Balaban J connectivity index is 1.18. The summed E-state index contributed by atoms with van der Waals surface area (Å²) in [4.78, 5) is 2.50. The molecule has 2 aromatic heterocycles. The Morgan fingerprint density at radius 2 is 1.09 bits per heavy atom. The summed E-state index contributed by atoms with van der Waals surface area (Å²) in [6.07, 6.45) is 0. The lowest BCUT2D eigenvalue weighted by molar-refractivity contribution is 0.666. The molecule has 1 atom stereocenters. The van der Waals surface area contributed by atoms with Crippen LogP contribution in [0.2, 0.25) is 19.6 Å². The third-order valence-corrected chi connectivity index (χ3v) is 16.9. The average molecular weight is 849 g/mol. The molecule has 12 aromatic rings. The zero-order valence-electron chi connectivity index (χ0n) is 36.8. The van der Waals surface area contributed by atoms with E-state index in [9.17, 15) is 0 Å². The van der Waals surface area contributed by atoms with E-state index in [4.69, 9.17) is 4.42 Å². The van der Waals surface area contributed by atoms with Crippen LogP contribution in [-0.2, 0) is 5.41 Å². The van der Waals surface area contributed by atoms with Gasteiger partial charge < -0.3 is 13.9 Å². The topological polar surface area (TPSA) is 21.3 Å². The fourth-order valence-corrected chi connectivity index (χ4v) is 13.2. The van der Waals surface area contributed by atoms with Gasteiger partial charge in [0.05, 0.1) is 41.6 Å². The van der Waals surface area contributed by atoms with E-state index in [1.807, 2.05) is 0 Å². The van der Waals surface area contributed by atoms with Crippen molar-refractivity contribution in [2.45, 2.75) is 32.0 Å². The molecule has 308 valence electrons. The van der Waals surface area contributed by atoms with Crippen molar-refractivity contribution >= 4 is 95.6 Å². The molecular weight excluding hydrogens is 805 g/mol. The Kier molecular flexibility index (Phi) is 7.34. The zero-order chi connectivity index (χ0) is 43.3. The van der Waals surface area contributed by atoms with Gasteiger partial charge in [0.25, 0.3) is 0 Å². The van der Waals surface area contributed by atoms with Gasteiger partial charge in [0.15, 0.2) is 5.58 Å². The minimum atomic E-state index is -1.60. The fourth-order valence-electron chi connectivity index (χ4n) is 12.0. The molecule has 0 radical (unpaired) electrons. The second-order valence-corrected chi connectivity index (χ2v) is 24.3. The highest BCUT2D eigenvalue weighted by Crippen LogP contribution is 2.64. The van der Waals surface area contributed by atoms with Gasteiger partial charge in [-0.1, -0.05) is 183 Å². The zero-order valence-corrected chi connectivity index (χ0v) is 37.8. The van der Waals surface area contributed by atoms with Gasteiger partial charge >= 0.3 is 0 Å². The molecule has 0 saturated heterocycles. The van der Waals surface area contributed by atoms with Gasteiger partial charge in [-0.3, -0.25) is 0 Å². The predicted octanol–water partition coefficient (Wildman–Crippen LogP) is 16.0. The number of aryl methyl sites for hydroxylation is 1. The number of furan rings is 1. The predicted molar refractivity (Wildman–Crippen MR) is 276 cm³/mol. The van der Waals surface area contributed by atoms with E-state index in [0.717, 1.165) is 44.6 Å². The van der Waals surface area contributed by atoms with E-state index in [1.54, 1.807) is 0 Å². The summed E-state index contributed by atoms with van der Waals surface area (Å²) in [6.45, 7) is 9.42. The summed E-state index contributed by atoms with van der Waals surface area (Å²) in [5.41, 5.74) is 17.1. The molecule has 0 bridgehead atoms. The molecule has 4 heteroatoms. The van der Waals surface area contributed by atoms with Gasteiger partial charge in [0.1, 0.15) is 5.58 Å². The number of anilines is 3. The van der Waals surface area contributed by atoms with Gasteiger partial charge in [0, 0.05) is 32.6 Å². The monoisotopic (exact) mass is 848 g/mol. The van der Waals surface area contributed by atoms with Crippen molar-refractivity contribution in [1.82, 2.24) is 4.57 Å². The molecule has 3 nitrogen and oxygen atoms in total. The van der Waals surface area contributed by atoms with Crippen molar-refractivity contribution in [3.8, 4) is 16.8 Å². The van der Waals surface area contributed by atoms with Crippen LogP contribution < -0.4 is 10.1 Å². The average Bonchev–Trinajstić information content (AvgIpc) is 3.99. The number of para-hydroxylation sites is 5. The maximum absolute atomic E-state index is 7.04. The quantitative estimate of drug-likeness (QED) is 0.165. The van der Waals surface area contributed by atoms with Crippen molar-refractivity contribution in [2.75, 3.05) is 4.90 Å². The third kappa shape index (κ3) is 4.74. The largest absolute Gasteiger partial charge is 0.454 e. The summed E-state index contributed by atoms with van der Waals surface area (Å²) in [6, 6.07) is 73.2. The molecule has 14 rings (SSSR count). The molecular formula is C61H44N2OSi. The summed E-state index contributed by atoms with van der Waals surface area (Å²) in [5, 5.41) is 11.2. The van der Waals surface area contributed by atoms with E-state index >= 15 is 0 Å². The highest BCUT2D eigenvalue weighted by molar-refractivity contribution is 6.88. The van der Waals surface area contributed by atoms with Crippen molar-refractivity contribution in [3.05, 3.63) is 222 Å². The Hall–Kier alpha value is -7.66. The standard InChI is InChI=1S/C61H44N2OSi/c1-37-16-13-23-46-47-24-15-29-54(60(47)64-59(37)46)62(39-31-33-40(34-32-39)65(2,3)4)55-36-51-57(44-21-8-7-19-42(44)55)56-41-18-6-5-17-38(41)30-35-49(56)61(51)48-25-10-12-28-53(48)63-52-27-11-9-20-43(52)45-22-14-26-50(61)58(45)63/h5-36H,1-4H3. The molecule has 2 aliphatic rings. The molecule has 1 unspecified atom stereocenters. The second-order valence-electron chi connectivity index (χ2n) is 19.2. The Morgan fingerprint density at radius 1 is 0.462 bits per heavy atom. The Bertz CT molecular complexity index is 4020. The fraction of sp³-hybridized carbons (Fsp3) is 0.0820. The van der Waals surface area contributed by atoms with E-state index in [1.165, 1.54) is 87.6 Å². The van der Waals surface area contributed by atoms with Crippen LogP contribution in [0.1, 0.15) is 27.8 Å². The molecule has 0 N–H and O–H groups in total. The lowest BCUT2D eigenvalue weighted by Gasteiger charge is -2.40. The van der Waals surface area contributed by atoms with Gasteiger partial charge in [-0.2, -0.15) is 0 Å². The summed E-state index contributed by atoms with van der Waals surface area (Å²) < 4.78 is 9.58. The van der Waals surface area contributed by atoms with E-state index in [2.05, 4.69) is 230 Å². The Morgan fingerprint density at radius 3 is 1.92 bits per heavy atom. The highest BCUT2D eigenvalue weighted by Gasteiger charge is 2.52. The maximum atomic E-state index is 7.04. The molecule has 0 fully saturated rings. The molecule has 0 amide bonds. The van der Waals surface area contributed by atoms with Crippen molar-refractivity contribution in [2.24, 2.45) is 0 Å². The molecule has 65 heavy (non-hydrogen) atoms. The Labute approximate surface area is 378 Å². The van der Waals surface area contributed by atoms with Gasteiger partial charge in [-0.25, -0.2) is 0 Å². The van der Waals surface area contributed by atoms with Crippen molar-refractivity contribution in [3.63, 3.8) is 0 Å². The number of hydrogen-bond donors (Lipinski definition) is 0. The number of fused-ring (bicyclic) bond motifs is 19. The molecule has 1 aliphatic carbocycles. The van der Waals surface area contributed by atoms with Crippen LogP contribution in [0.25, 0.3) is 82.1 Å². The first-order chi connectivity index (χ1) is 31.8. The van der Waals surface area contributed by atoms with E-state index in [-0.39, 0.29) is 0 Å². The van der Waals surface area contributed by atoms with Crippen molar-refractivity contribution < 1.29 is 4.42 Å². The van der Waals surface area contributed by atoms with Gasteiger partial charge in [-0.05, 0) is 98.4 Å². The SMILES string of the molecule is Cc1cccc2c1oc1c(N(c3ccc([Si](C)(C)C)cc3)c3cc4c(c5ccccc35)-c3c(ccc5ccccc35)C43c4ccccc4-n4c5ccccc5c5cccc3c54)cccc12. The lowest BCUT2D eigenvalue weighted by Crippen LogP contribution is -2.37. The number of benzene rings is 10. The van der Waals surface area contributed by atoms with Crippen LogP contribution in [0.4, 0.5) is 17.1 Å². The number of aromatic nitrogens is 1. The summed E-state index contributed by atoms with van der Waals surface area (Å²) >= 11 is 0. The van der Waals surface area contributed by atoms with Crippen LogP contribution in [-0.4, -0.2) is 12.6 Å².